The van der Waals surface area contributed by atoms with Crippen LogP contribution >= 0.6 is 11.6 Å². The average Bonchev–Trinajstić information content (AvgIpc) is 2.68. The molecule has 0 aliphatic carbocycles. The standard InChI is InChI=1S/C21H17ClFNO2/c22-17-7-3-14(4-8-17)12-19(21(26)16-2-1-11-24-13-16)20(25)15-5-9-18(23)10-6-15/h1-11,13,21,25-26H,12H2/b20-19+. The fourth-order valence-electron chi connectivity index (χ4n) is 2.66. The van der Waals surface area contributed by atoms with E-state index in [0.29, 0.717) is 28.1 Å². The summed E-state index contributed by atoms with van der Waals surface area (Å²) in [6.45, 7) is 0. The van der Waals surface area contributed by atoms with Gasteiger partial charge in [0.25, 0.3) is 0 Å². The molecule has 0 saturated heterocycles. The van der Waals surface area contributed by atoms with Gasteiger partial charge in [-0.05, 0) is 48.0 Å². The van der Waals surface area contributed by atoms with Gasteiger partial charge >= 0.3 is 0 Å². The second-order valence-electron chi connectivity index (χ2n) is 5.87. The van der Waals surface area contributed by atoms with Crippen molar-refractivity contribution in [3.05, 3.63) is 106 Å². The third kappa shape index (κ3) is 4.28. The normalized spacial score (nSPS) is 13.2. The quantitative estimate of drug-likeness (QED) is 0.614. The molecule has 0 saturated carbocycles. The van der Waals surface area contributed by atoms with Crippen LogP contribution in [0.1, 0.15) is 22.8 Å². The lowest BCUT2D eigenvalue weighted by molar-refractivity contribution is 0.210. The lowest BCUT2D eigenvalue weighted by atomic mass is 9.93. The highest BCUT2D eigenvalue weighted by Gasteiger charge is 2.20. The number of pyridine rings is 1. The van der Waals surface area contributed by atoms with E-state index >= 15 is 0 Å². The summed E-state index contributed by atoms with van der Waals surface area (Å²) in [6.07, 6.45) is 2.41. The molecule has 2 aromatic carbocycles. The minimum atomic E-state index is -1.05. The zero-order valence-electron chi connectivity index (χ0n) is 13.8. The number of hydrogen-bond donors (Lipinski definition) is 2. The lowest BCUT2D eigenvalue weighted by Gasteiger charge is -2.18. The van der Waals surface area contributed by atoms with Gasteiger partial charge in [-0.25, -0.2) is 4.39 Å². The van der Waals surface area contributed by atoms with Crippen molar-refractivity contribution < 1.29 is 14.6 Å². The minimum Gasteiger partial charge on any atom is -0.507 e. The first-order valence-electron chi connectivity index (χ1n) is 8.05. The fourth-order valence-corrected chi connectivity index (χ4v) is 2.79. The largest absolute Gasteiger partial charge is 0.507 e. The van der Waals surface area contributed by atoms with Gasteiger partial charge in [-0.2, -0.15) is 0 Å². The fraction of sp³-hybridized carbons (Fsp3) is 0.0952. The molecule has 5 heteroatoms. The molecule has 1 aromatic heterocycles. The number of rotatable bonds is 5. The zero-order valence-corrected chi connectivity index (χ0v) is 14.6. The number of benzene rings is 2. The Labute approximate surface area is 156 Å². The van der Waals surface area contributed by atoms with Crippen LogP contribution in [-0.2, 0) is 6.42 Å². The molecule has 0 fully saturated rings. The Bertz CT molecular complexity index is 894. The maximum absolute atomic E-state index is 13.2. The molecular weight excluding hydrogens is 353 g/mol. The third-order valence-electron chi connectivity index (χ3n) is 4.06. The Balaban J connectivity index is 2.04. The van der Waals surface area contributed by atoms with E-state index in [4.69, 9.17) is 11.6 Å². The van der Waals surface area contributed by atoms with Gasteiger partial charge < -0.3 is 10.2 Å². The lowest BCUT2D eigenvalue weighted by Crippen LogP contribution is -2.08. The van der Waals surface area contributed by atoms with Crippen LogP contribution in [0.25, 0.3) is 5.76 Å². The number of aliphatic hydroxyl groups excluding tert-OH is 2. The molecule has 1 unspecified atom stereocenters. The number of nitrogens with zero attached hydrogens (tertiary/aromatic N) is 1. The van der Waals surface area contributed by atoms with Crippen LogP contribution in [0.2, 0.25) is 5.02 Å². The van der Waals surface area contributed by atoms with Crippen molar-refractivity contribution >= 4 is 17.4 Å². The number of hydrogen-bond acceptors (Lipinski definition) is 3. The van der Waals surface area contributed by atoms with E-state index < -0.39 is 11.9 Å². The summed E-state index contributed by atoms with van der Waals surface area (Å²) < 4.78 is 13.2. The summed E-state index contributed by atoms with van der Waals surface area (Å²) in [5, 5.41) is 22.2. The first kappa shape index (κ1) is 18.1. The highest BCUT2D eigenvalue weighted by Crippen LogP contribution is 2.30. The van der Waals surface area contributed by atoms with Gasteiger partial charge in [-0.15, -0.1) is 0 Å². The molecule has 132 valence electrons. The van der Waals surface area contributed by atoms with Gasteiger partial charge in [-0.3, -0.25) is 4.98 Å². The second kappa shape index (κ2) is 8.13. The smallest absolute Gasteiger partial charge is 0.125 e. The molecule has 0 amide bonds. The molecule has 1 atom stereocenters. The maximum atomic E-state index is 13.2. The summed E-state index contributed by atoms with van der Waals surface area (Å²) in [5.74, 6) is -0.482. The zero-order chi connectivity index (χ0) is 18.5. The van der Waals surface area contributed by atoms with Gasteiger partial charge in [0.05, 0.1) is 0 Å². The molecule has 3 aromatic rings. The van der Waals surface area contributed by atoms with E-state index in [1.807, 2.05) is 12.1 Å². The summed E-state index contributed by atoms with van der Waals surface area (Å²) in [4.78, 5) is 4.02. The predicted octanol–water partition coefficient (Wildman–Crippen LogP) is 5.12. The highest BCUT2D eigenvalue weighted by atomic mass is 35.5. The van der Waals surface area contributed by atoms with Crippen molar-refractivity contribution in [1.82, 2.24) is 4.98 Å². The molecule has 26 heavy (non-hydrogen) atoms. The van der Waals surface area contributed by atoms with Gasteiger partial charge in [0, 0.05) is 40.5 Å². The van der Waals surface area contributed by atoms with Crippen molar-refractivity contribution in [2.75, 3.05) is 0 Å². The van der Waals surface area contributed by atoms with Crippen LogP contribution in [0.4, 0.5) is 4.39 Å². The molecule has 0 aliphatic heterocycles. The van der Waals surface area contributed by atoms with Crippen molar-refractivity contribution in [2.24, 2.45) is 0 Å². The molecule has 0 spiro atoms. The number of aromatic nitrogens is 1. The van der Waals surface area contributed by atoms with E-state index in [1.54, 1.807) is 36.7 Å². The first-order chi connectivity index (χ1) is 12.5. The summed E-state index contributed by atoms with van der Waals surface area (Å²) in [7, 11) is 0. The van der Waals surface area contributed by atoms with Crippen molar-refractivity contribution in [3.63, 3.8) is 0 Å². The van der Waals surface area contributed by atoms with Crippen molar-refractivity contribution in [3.8, 4) is 0 Å². The topological polar surface area (TPSA) is 53.4 Å². The average molecular weight is 370 g/mol. The van der Waals surface area contributed by atoms with Crippen molar-refractivity contribution in [2.45, 2.75) is 12.5 Å². The molecule has 0 radical (unpaired) electrons. The van der Waals surface area contributed by atoms with E-state index in [0.717, 1.165) is 5.56 Å². The SMILES string of the molecule is O/C(=C(\Cc1ccc(Cl)cc1)C(O)c1cccnc1)c1ccc(F)cc1. The third-order valence-corrected chi connectivity index (χ3v) is 4.31. The molecule has 3 rings (SSSR count). The summed E-state index contributed by atoms with van der Waals surface area (Å²) >= 11 is 5.93. The molecule has 3 nitrogen and oxygen atoms in total. The van der Waals surface area contributed by atoms with Crippen LogP contribution < -0.4 is 0 Å². The second-order valence-corrected chi connectivity index (χ2v) is 6.31. The molecule has 0 aliphatic rings. The van der Waals surface area contributed by atoms with Crippen LogP contribution in [-0.4, -0.2) is 15.2 Å². The molecule has 1 heterocycles. The Hall–Kier alpha value is -2.69. The van der Waals surface area contributed by atoms with Gasteiger partial charge in [0.1, 0.15) is 17.7 Å². The van der Waals surface area contributed by atoms with Crippen LogP contribution in [0.5, 0.6) is 0 Å². The van der Waals surface area contributed by atoms with E-state index in [9.17, 15) is 14.6 Å². The highest BCUT2D eigenvalue weighted by molar-refractivity contribution is 6.30. The first-order valence-corrected chi connectivity index (χ1v) is 8.43. The van der Waals surface area contributed by atoms with Crippen LogP contribution in [0.3, 0.4) is 0 Å². The summed E-state index contributed by atoms with van der Waals surface area (Å²) in [6, 6.07) is 16.1. The maximum Gasteiger partial charge on any atom is 0.125 e. The van der Waals surface area contributed by atoms with Crippen LogP contribution in [0.15, 0.2) is 78.6 Å². The van der Waals surface area contributed by atoms with Gasteiger partial charge in [0.15, 0.2) is 0 Å². The van der Waals surface area contributed by atoms with Crippen LogP contribution in [0, 0.1) is 5.82 Å². The minimum absolute atomic E-state index is 0.0868. The summed E-state index contributed by atoms with van der Waals surface area (Å²) in [5.41, 5.74) is 2.26. The Morgan fingerprint density at radius 2 is 1.73 bits per heavy atom. The van der Waals surface area contributed by atoms with Gasteiger partial charge in [0.2, 0.25) is 0 Å². The van der Waals surface area contributed by atoms with Crippen molar-refractivity contribution in [1.29, 1.82) is 0 Å². The van der Waals surface area contributed by atoms with Gasteiger partial charge in [-0.1, -0.05) is 29.8 Å². The Morgan fingerprint density at radius 3 is 2.35 bits per heavy atom. The monoisotopic (exact) mass is 369 g/mol. The molecule has 2 N–H and O–H groups in total. The predicted molar refractivity (Wildman–Crippen MR) is 100 cm³/mol. The molecule has 0 bridgehead atoms. The Kier molecular flexibility index (Phi) is 5.66. The number of aliphatic hydroxyl groups is 2. The van der Waals surface area contributed by atoms with E-state index in [-0.39, 0.29) is 5.76 Å². The van der Waals surface area contributed by atoms with E-state index in [2.05, 4.69) is 4.98 Å². The Morgan fingerprint density at radius 1 is 1.04 bits per heavy atom. The van der Waals surface area contributed by atoms with E-state index in [1.165, 1.54) is 24.3 Å². The number of halogens is 2. The molecular formula is C21H17ClFNO2.